The summed E-state index contributed by atoms with van der Waals surface area (Å²) in [4.78, 5) is 14.1. The lowest BCUT2D eigenvalue weighted by molar-refractivity contribution is 0.0964. The Morgan fingerprint density at radius 3 is 2.68 bits per heavy atom. The summed E-state index contributed by atoms with van der Waals surface area (Å²) >= 11 is 0. The number of hydrogen-bond acceptors (Lipinski definition) is 4. The molecule has 1 atom stereocenters. The Kier molecular flexibility index (Phi) is 6.39. The fourth-order valence-corrected chi connectivity index (χ4v) is 3.30. The molecule has 1 aromatic carbocycles. The summed E-state index contributed by atoms with van der Waals surface area (Å²) < 4.78 is 17.3. The zero-order valence-electron chi connectivity index (χ0n) is 14.9. The number of carbonyl (C=O) groups excluding carboxylic acids is 1. The fourth-order valence-electron chi connectivity index (χ4n) is 3.30. The summed E-state index contributed by atoms with van der Waals surface area (Å²) in [5, 5.41) is 2.99. The van der Waals surface area contributed by atoms with Crippen LogP contribution in [0, 0.1) is 0 Å². The van der Waals surface area contributed by atoms with Gasteiger partial charge in [-0.05, 0) is 31.9 Å². The van der Waals surface area contributed by atoms with Gasteiger partial charge in [-0.2, -0.15) is 0 Å². The zero-order chi connectivity index (χ0) is 17.5. The second-order valence-corrected chi connectivity index (χ2v) is 6.51. The van der Waals surface area contributed by atoms with Crippen molar-refractivity contribution in [2.45, 2.75) is 44.8 Å². The SMILES string of the molecule is CCOc1ccccc1OC1CCN(C(=O)NC[C@H]2CCCO2)CC1. The molecule has 2 aliphatic heterocycles. The molecule has 1 N–H and O–H groups in total. The average Bonchev–Trinajstić information content (AvgIpc) is 3.16. The molecular formula is C19H28N2O4. The number of hydrogen-bond donors (Lipinski definition) is 1. The molecule has 138 valence electrons. The van der Waals surface area contributed by atoms with Crippen molar-refractivity contribution in [3.8, 4) is 11.5 Å². The van der Waals surface area contributed by atoms with Crippen molar-refractivity contribution in [3.05, 3.63) is 24.3 Å². The number of carbonyl (C=O) groups is 1. The number of rotatable bonds is 6. The van der Waals surface area contributed by atoms with Crippen LogP contribution in [0.1, 0.15) is 32.6 Å². The van der Waals surface area contributed by atoms with Gasteiger partial charge in [-0.3, -0.25) is 0 Å². The molecule has 2 fully saturated rings. The predicted molar refractivity (Wildman–Crippen MR) is 95.2 cm³/mol. The molecule has 0 aliphatic carbocycles. The van der Waals surface area contributed by atoms with E-state index in [1.54, 1.807) is 0 Å². The number of nitrogens with zero attached hydrogens (tertiary/aromatic N) is 1. The van der Waals surface area contributed by atoms with Gasteiger partial charge in [-0.15, -0.1) is 0 Å². The summed E-state index contributed by atoms with van der Waals surface area (Å²) in [5.41, 5.74) is 0. The fraction of sp³-hybridized carbons (Fsp3) is 0.632. The number of ether oxygens (including phenoxy) is 3. The van der Waals surface area contributed by atoms with E-state index >= 15 is 0 Å². The number of urea groups is 1. The van der Waals surface area contributed by atoms with E-state index in [0.29, 0.717) is 26.2 Å². The van der Waals surface area contributed by atoms with E-state index in [0.717, 1.165) is 43.8 Å². The first-order valence-electron chi connectivity index (χ1n) is 9.29. The number of piperidine rings is 1. The molecule has 0 radical (unpaired) electrons. The second kappa shape index (κ2) is 8.94. The molecule has 3 rings (SSSR count). The lowest BCUT2D eigenvalue weighted by atomic mass is 10.1. The topological polar surface area (TPSA) is 60.0 Å². The van der Waals surface area contributed by atoms with Gasteiger partial charge in [0.2, 0.25) is 0 Å². The largest absolute Gasteiger partial charge is 0.490 e. The van der Waals surface area contributed by atoms with Crippen LogP contribution in [0.15, 0.2) is 24.3 Å². The highest BCUT2D eigenvalue weighted by Gasteiger charge is 2.25. The van der Waals surface area contributed by atoms with Crippen LogP contribution < -0.4 is 14.8 Å². The lowest BCUT2D eigenvalue weighted by Crippen LogP contribution is -2.48. The van der Waals surface area contributed by atoms with Crippen molar-refractivity contribution in [2.75, 3.05) is 32.8 Å². The molecule has 2 amide bonds. The minimum Gasteiger partial charge on any atom is -0.490 e. The Bertz CT molecular complexity index is 552. The van der Waals surface area contributed by atoms with Crippen molar-refractivity contribution in [2.24, 2.45) is 0 Å². The molecule has 0 spiro atoms. The van der Waals surface area contributed by atoms with E-state index in [1.807, 2.05) is 36.1 Å². The minimum atomic E-state index is 0.00339. The van der Waals surface area contributed by atoms with Gasteiger partial charge in [0.15, 0.2) is 11.5 Å². The number of para-hydroxylation sites is 2. The van der Waals surface area contributed by atoms with Gasteiger partial charge in [0.25, 0.3) is 0 Å². The highest BCUT2D eigenvalue weighted by atomic mass is 16.5. The molecule has 6 heteroatoms. The third kappa shape index (κ3) is 5.01. The molecule has 6 nitrogen and oxygen atoms in total. The van der Waals surface area contributed by atoms with Crippen LogP contribution in [0.5, 0.6) is 11.5 Å². The first-order chi connectivity index (χ1) is 12.3. The van der Waals surface area contributed by atoms with Crippen LogP contribution in [0.25, 0.3) is 0 Å². The van der Waals surface area contributed by atoms with Crippen molar-refractivity contribution < 1.29 is 19.0 Å². The zero-order valence-corrected chi connectivity index (χ0v) is 14.9. The Labute approximate surface area is 149 Å². The highest BCUT2D eigenvalue weighted by Crippen LogP contribution is 2.29. The van der Waals surface area contributed by atoms with Crippen LogP contribution in [0.4, 0.5) is 4.79 Å². The van der Waals surface area contributed by atoms with Gasteiger partial charge >= 0.3 is 6.03 Å². The number of likely N-dealkylation sites (tertiary alicyclic amines) is 1. The molecule has 2 heterocycles. The summed E-state index contributed by atoms with van der Waals surface area (Å²) in [6.07, 6.45) is 4.08. The Morgan fingerprint density at radius 1 is 1.24 bits per heavy atom. The van der Waals surface area contributed by atoms with Gasteiger partial charge in [-0.1, -0.05) is 12.1 Å². The predicted octanol–water partition coefficient (Wildman–Crippen LogP) is 2.82. The van der Waals surface area contributed by atoms with Crippen molar-refractivity contribution in [1.82, 2.24) is 10.2 Å². The van der Waals surface area contributed by atoms with Gasteiger partial charge in [0.1, 0.15) is 6.10 Å². The van der Waals surface area contributed by atoms with E-state index in [2.05, 4.69) is 5.32 Å². The van der Waals surface area contributed by atoms with Crippen LogP contribution in [-0.4, -0.2) is 56.0 Å². The highest BCUT2D eigenvalue weighted by molar-refractivity contribution is 5.74. The molecule has 0 saturated carbocycles. The van der Waals surface area contributed by atoms with Crippen LogP contribution in [0.3, 0.4) is 0 Å². The summed E-state index contributed by atoms with van der Waals surface area (Å²) in [6, 6.07) is 7.76. The van der Waals surface area contributed by atoms with E-state index in [4.69, 9.17) is 14.2 Å². The Morgan fingerprint density at radius 2 is 2.00 bits per heavy atom. The average molecular weight is 348 g/mol. The van der Waals surface area contributed by atoms with Crippen molar-refractivity contribution >= 4 is 6.03 Å². The van der Waals surface area contributed by atoms with Gasteiger partial charge in [0.05, 0.1) is 12.7 Å². The molecule has 25 heavy (non-hydrogen) atoms. The van der Waals surface area contributed by atoms with Crippen LogP contribution >= 0.6 is 0 Å². The normalized spacial score (nSPS) is 21.2. The monoisotopic (exact) mass is 348 g/mol. The Hall–Kier alpha value is -1.95. The van der Waals surface area contributed by atoms with E-state index < -0.39 is 0 Å². The summed E-state index contributed by atoms with van der Waals surface area (Å²) in [5.74, 6) is 1.56. The maximum atomic E-state index is 12.3. The molecule has 2 saturated heterocycles. The molecule has 0 unspecified atom stereocenters. The molecule has 0 aromatic heterocycles. The maximum Gasteiger partial charge on any atom is 0.317 e. The van der Waals surface area contributed by atoms with Crippen LogP contribution in [0.2, 0.25) is 0 Å². The standard InChI is InChI=1S/C19H28N2O4/c1-2-23-17-7-3-4-8-18(17)25-15-9-11-21(12-10-15)19(22)20-14-16-6-5-13-24-16/h3-4,7-8,15-16H,2,5-6,9-14H2,1H3,(H,20,22)/t16-/m1/s1. The Balaban J connectivity index is 1.43. The first-order valence-corrected chi connectivity index (χ1v) is 9.29. The third-order valence-corrected chi connectivity index (χ3v) is 4.68. The lowest BCUT2D eigenvalue weighted by Gasteiger charge is -2.32. The molecule has 0 bridgehead atoms. The number of amides is 2. The quantitative estimate of drug-likeness (QED) is 0.859. The van der Waals surface area contributed by atoms with Gasteiger partial charge in [-0.25, -0.2) is 4.79 Å². The smallest absolute Gasteiger partial charge is 0.317 e. The maximum absolute atomic E-state index is 12.3. The van der Waals surface area contributed by atoms with Gasteiger partial charge < -0.3 is 24.4 Å². The third-order valence-electron chi connectivity index (χ3n) is 4.68. The first kappa shape index (κ1) is 17.9. The molecule has 2 aliphatic rings. The number of benzene rings is 1. The van der Waals surface area contributed by atoms with E-state index in [9.17, 15) is 4.79 Å². The van der Waals surface area contributed by atoms with Crippen LogP contribution in [-0.2, 0) is 4.74 Å². The van der Waals surface area contributed by atoms with Gasteiger partial charge in [0, 0.05) is 39.1 Å². The minimum absolute atomic E-state index is 0.00339. The van der Waals surface area contributed by atoms with E-state index in [1.165, 1.54) is 0 Å². The van der Waals surface area contributed by atoms with E-state index in [-0.39, 0.29) is 18.2 Å². The summed E-state index contributed by atoms with van der Waals surface area (Å²) in [6.45, 7) is 5.41. The molecule has 1 aromatic rings. The van der Waals surface area contributed by atoms with Crippen molar-refractivity contribution in [3.63, 3.8) is 0 Å². The molecular weight excluding hydrogens is 320 g/mol. The summed E-state index contributed by atoms with van der Waals surface area (Å²) in [7, 11) is 0. The van der Waals surface area contributed by atoms with Crippen molar-refractivity contribution in [1.29, 1.82) is 0 Å². The second-order valence-electron chi connectivity index (χ2n) is 6.51. The number of nitrogens with one attached hydrogen (secondary N) is 1.